The summed E-state index contributed by atoms with van der Waals surface area (Å²) in [7, 11) is 2.10. The Kier molecular flexibility index (Phi) is 6.90. The Labute approximate surface area is 174 Å². The number of nitrogens with one attached hydrogen (secondary N) is 1. The van der Waals surface area contributed by atoms with E-state index in [1.165, 1.54) is 22.8 Å². The number of unbranched alkanes of at least 4 members (excludes halogenated alkanes) is 2. The van der Waals surface area contributed by atoms with Crippen LogP contribution in [-0.2, 0) is 6.54 Å². The van der Waals surface area contributed by atoms with Crippen molar-refractivity contribution in [2.75, 3.05) is 18.9 Å². The van der Waals surface area contributed by atoms with Crippen molar-refractivity contribution in [3.05, 3.63) is 57.8 Å². The predicted molar refractivity (Wildman–Crippen MR) is 122 cm³/mol. The lowest BCUT2D eigenvalue weighted by Gasteiger charge is -2.18. The van der Waals surface area contributed by atoms with Crippen LogP contribution in [0.25, 0.3) is 10.9 Å². The van der Waals surface area contributed by atoms with Gasteiger partial charge in [-0.3, -0.25) is 4.98 Å². The molecule has 3 aromatic rings. The lowest BCUT2D eigenvalue weighted by atomic mass is 10.1. The summed E-state index contributed by atoms with van der Waals surface area (Å²) in [6.45, 7) is 3.99. The monoisotopic (exact) mass is 475 g/mol. The molecule has 0 aliphatic heterocycles. The highest BCUT2D eigenvalue weighted by Gasteiger charge is 2.08. The number of aromatic hydroxyl groups is 1. The minimum Gasteiger partial charge on any atom is -0.508 e. The zero-order valence-corrected chi connectivity index (χ0v) is 18.0. The van der Waals surface area contributed by atoms with E-state index in [0.717, 1.165) is 40.9 Å². The second kappa shape index (κ2) is 9.37. The number of hydrogen-bond acceptors (Lipinski definition) is 4. The maximum atomic E-state index is 10.3. The number of aromatic nitrogens is 1. The molecule has 0 aliphatic carbocycles. The van der Waals surface area contributed by atoms with Crippen molar-refractivity contribution >= 4 is 44.9 Å². The molecule has 1 heterocycles. The number of halogens is 1. The number of phenols is 1. The molecule has 0 amide bonds. The highest BCUT2D eigenvalue weighted by atomic mass is 127. The van der Waals surface area contributed by atoms with E-state index in [2.05, 4.69) is 70.0 Å². The Morgan fingerprint density at radius 1 is 1.11 bits per heavy atom. The van der Waals surface area contributed by atoms with Crippen LogP contribution in [0.2, 0.25) is 0 Å². The molecule has 2 N–H and O–H groups in total. The van der Waals surface area contributed by atoms with Gasteiger partial charge in [-0.2, -0.15) is 0 Å². The van der Waals surface area contributed by atoms with Gasteiger partial charge in [-0.15, -0.1) is 0 Å². The SMILES string of the molecule is CCCCCN(C)Cc1cc(Nc2ccnc3cc(I)ccc23)ccc1O. The van der Waals surface area contributed by atoms with Gasteiger partial charge in [-0.05, 0) is 85.1 Å². The van der Waals surface area contributed by atoms with Gasteiger partial charge in [0, 0.05) is 38.6 Å². The highest BCUT2D eigenvalue weighted by Crippen LogP contribution is 2.29. The van der Waals surface area contributed by atoms with Crippen molar-refractivity contribution in [2.45, 2.75) is 32.7 Å². The fourth-order valence-corrected chi connectivity index (χ4v) is 3.65. The minimum absolute atomic E-state index is 0.344. The molecule has 0 unspecified atom stereocenters. The van der Waals surface area contributed by atoms with Gasteiger partial charge in [0.2, 0.25) is 0 Å². The molecule has 27 heavy (non-hydrogen) atoms. The van der Waals surface area contributed by atoms with Crippen LogP contribution < -0.4 is 5.32 Å². The van der Waals surface area contributed by atoms with E-state index in [-0.39, 0.29) is 0 Å². The molecular weight excluding hydrogens is 449 g/mol. The summed E-state index contributed by atoms with van der Waals surface area (Å²) in [4.78, 5) is 6.72. The van der Waals surface area contributed by atoms with Gasteiger partial charge < -0.3 is 15.3 Å². The number of hydrogen-bond donors (Lipinski definition) is 2. The minimum atomic E-state index is 0.344. The van der Waals surface area contributed by atoms with Gasteiger partial charge >= 0.3 is 0 Å². The van der Waals surface area contributed by atoms with Crippen LogP contribution in [0.1, 0.15) is 31.7 Å². The molecule has 142 valence electrons. The molecule has 0 fully saturated rings. The van der Waals surface area contributed by atoms with E-state index in [1.54, 1.807) is 6.07 Å². The molecular formula is C22H26IN3O. The molecule has 0 saturated heterocycles. The summed E-state index contributed by atoms with van der Waals surface area (Å²) in [6, 6.07) is 14.0. The predicted octanol–water partition coefficient (Wildman–Crippen LogP) is 5.91. The molecule has 3 rings (SSSR count). The van der Waals surface area contributed by atoms with E-state index in [0.29, 0.717) is 5.75 Å². The van der Waals surface area contributed by atoms with E-state index in [1.807, 2.05) is 24.4 Å². The molecule has 0 atom stereocenters. The maximum Gasteiger partial charge on any atom is 0.120 e. The van der Waals surface area contributed by atoms with Gasteiger partial charge in [-0.25, -0.2) is 0 Å². The Bertz CT molecular complexity index is 913. The van der Waals surface area contributed by atoms with Gasteiger partial charge in [-0.1, -0.05) is 19.8 Å². The van der Waals surface area contributed by atoms with Crippen molar-refractivity contribution in [1.29, 1.82) is 0 Å². The number of rotatable bonds is 8. The molecule has 0 radical (unpaired) electrons. The summed E-state index contributed by atoms with van der Waals surface area (Å²) in [5.41, 5.74) is 3.90. The molecule has 4 nitrogen and oxygen atoms in total. The first kappa shape index (κ1) is 19.9. The Hall–Kier alpha value is -1.86. The average Bonchev–Trinajstić information content (AvgIpc) is 2.64. The summed E-state index contributed by atoms with van der Waals surface area (Å²) in [5.74, 6) is 0.344. The van der Waals surface area contributed by atoms with Crippen LogP contribution in [0.3, 0.4) is 0 Å². The molecule has 0 aliphatic rings. The van der Waals surface area contributed by atoms with Gasteiger partial charge in [0.15, 0.2) is 0 Å². The second-order valence-electron chi connectivity index (χ2n) is 6.93. The standard InChI is InChI=1S/C22H26IN3O/c1-3-4-5-12-26(2)15-16-13-18(7-9-22(16)27)25-20-10-11-24-21-14-17(23)6-8-19(20)21/h6-11,13-14,27H,3-5,12,15H2,1-2H3,(H,24,25). The second-order valence-corrected chi connectivity index (χ2v) is 8.18. The number of nitrogens with zero attached hydrogens (tertiary/aromatic N) is 2. The summed E-state index contributed by atoms with van der Waals surface area (Å²) in [5, 5.41) is 14.8. The number of anilines is 2. The highest BCUT2D eigenvalue weighted by molar-refractivity contribution is 14.1. The molecule has 2 aromatic carbocycles. The summed E-state index contributed by atoms with van der Waals surface area (Å²) >= 11 is 2.30. The number of phenolic OH excluding ortho intramolecular Hbond substituents is 1. The Morgan fingerprint density at radius 2 is 1.96 bits per heavy atom. The first-order valence-electron chi connectivity index (χ1n) is 9.38. The summed E-state index contributed by atoms with van der Waals surface area (Å²) < 4.78 is 1.17. The third kappa shape index (κ3) is 5.32. The smallest absolute Gasteiger partial charge is 0.120 e. The van der Waals surface area contributed by atoms with Gasteiger partial charge in [0.1, 0.15) is 5.75 Å². The van der Waals surface area contributed by atoms with Crippen LogP contribution >= 0.6 is 22.6 Å². The van der Waals surface area contributed by atoms with E-state index < -0.39 is 0 Å². The van der Waals surface area contributed by atoms with Crippen LogP contribution in [0.5, 0.6) is 5.75 Å². The number of benzene rings is 2. The quantitative estimate of drug-likeness (QED) is 0.242. The maximum absolute atomic E-state index is 10.3. The van der Waals surface area contributed by atoms with Crippen molar-refractivity contribution in [2.24, 2.45) is 0 Å². The molecule has 0 saturated carbocycles. The summed E-state index contributed by atoms with van der Waals surface area (Å²) in [6.07, 6.45) is 5.47. The van der Waals surface area contributed by atoms with Crippen LogP contribution in [-0.4, -0.2) is 28.6 Å². The van der Waals surface area contributed by atoms with Gasteiger partial charge in [0.25, 0.3) is 0 Å². The van der Waals surface area contributed by atoms with Crippen molar-refractivity contribution in [3.63, 3.8) is 0 Å². The van der Waals surface area contributed by atoms with Crippen LogP contribution in [0, 0.1) is 3.57 Å². The van der Waals surface area contributed by atoms with Gasteiger partial charge in [0.05, 0.1) is 5.52 Å². The van der Waals surface area contributed by atoms with Crippen molar-refractivity contribution in [3.8, 4) is 5.75 Å². The first-order chi connectivity index (χ1) is 13.1. The zero-order valence-electron chi connectivity index (χ0n) is 15.9. The van der Waals surface area contributed by atoms with Crippen LogP contribution in [0.4, 0.5) is 11.4 Å². The first-order valence-corrected chi connectivity index (χ1v) is 10.5. The largest absolute Gasteiger partial charge is 0.508 e. The third-order valence-electron chi connectivity index (χ3n) is 4.65. The third-order valence-corrected chi connectivity index (χ3v) is 5.32. The zero-order chi connectivity index (χ0) is 19.2. The fourth-order valence-electron chi connectivity index (χ4n) is 3.18. The Balaban J connectivity index is 1.78. The number of fused-ring (bicyclic) bond motifs is 1. The topological polar surface area (TPSA) is 48.4 Å². The van der Waals surface area contributed by atoms with Crippen LogP contribution in [0.15, 0.2) is 48.7 Å². The van der Waals surface area contributed by atoms with Crippen molar-refractivity contribution < 1.29 is 5.11 Å². The van der Waals surface area contributed by atoms with E-state index >= 15 is 0 Å². The Morgan fingerprint density at radius 3 is 2.78 bits per heavy atom. The molecule has 0 bridgehead atoms. The fraction of sp³-hybridized carbons (Fsp3) is 0.318. The van der Waals surface area contributed by atoms with E-state index in [4.69, 9.17) is 0 Å². The lowest BCUT2D eigenvalue weighted by Crippen LogP contribution is -2.19. The van der Waals surface area contributed by atoms with E-state index in [9.17, 15) is 5.11 Å². The average molecular weight is 475 g/mol. The molecule has 0 spiro atoms. The normalized spacial score (nSPS) is 11.3. The number of pyridine rings is 1. The van der Waals surface area contributed by atoms with Crippen molar-refractivity contribution in [1.82, 2.24) is 9.88 Å². The molecule has 5 heteroatoms. The lowest BCUT2D eigenvalue weighted by molar-refractivity contribution is 0.312. The molecule has 1 aromatic heterocycles.